The molecule has 2 aromatic carbocycles. The van der Waals surface area contributed by atoms with Crippen molar-refractivity contribution in [3.63, 3.8) is 0 Å². The highest BCUT2D eigenvalue weighted by atomic mass is 19.4. The first kappa shape index (κ1) is 22.3. The average Bonchev–Trinajstić information content (AvgIpc) is 3.09. The van der Waals surface area contributed by atoms with Crippen LogP contribution in [0, 0.1) is 5.92 Å². The monoisotopic (exact) mass is 433 g/mol. The largest absolute Gasteiger partial charge is 0.416 e. The van der Waals surface area contributed by atoms with E-state index >= 15 is 0 Å². The van der Waals surface area contributed by atoms with Crippen LogP contribution in [0.3, 0.4) is 0 Å². The van der Waals surface area contributed by atoms with Gasteiger partial charge in [-0.2, -0.15) is 13.2 Å². The fraction of sp³-hybridized carbons (Fsp3) is 0.318. The highest BCUT2D eigenvalue weighted by molar-refractivity contribution is 6.07. The SMILES string of the molecule is CC(C)NC(=O)c1ccccc1NC(=O)[C@@H]1CC(=O)N(c2cccc(C(F)(F)F)c2)C1. The molecule has 1 aliphatic heterocycles. The zero-order chi connectivity index (χ0) is 22.8. The summed E-state index contributed by atoms with van der Waals surface area (Å²) in [6, 6.07) is 10.8. The van der Waals surface area contributed by atoms with Crippen LogP contribution in [0.5, 0.6) is 0 Å². The van der Waals surface area contributed by atoms with Crippen LogP contribution in [0.2, 0.25) is 0 Å². The molecule has 9 heteroatoms. The van der Waals surface area contributed by atoms with Crippen molar-refractivity contribution in [3.05, 3.63) is 59.7 Å². The number of amides is 3. The van der Waals surface area contributed by atoms with Crippen LogP contribution in [-0.4, -0.2) is 30.3 Å². The molecule has 0 radical (unpaired) electrons. The van der Waals surface area contributed by atoms with Gasteiger partial charge >= 0.3 is 6.18 Å². The lowest BCUT2D eigenvalue weighted by Crippen LogP contribution is -2.32. The van der Waals surface area contributed by atoms with Crippen molar-refractivity contribution in [2.24, 2.45) is 5.92 Å². The van der Waals surface area contributed by atoms with Crippen LogP contribution < -0.4 is 15.5 Å². The third kappa shape index (κ3) is 5.22. The summed E-state index contributed by atoms with van der Waals surface area (Å²) in [6.45, 7) is 3.57. The lowest BCUT2D eigenvalue weighted by Gasteiger charge is -2.19. The molecule has 31 heavy (non-hydrogen) atoms. The van der Waals surface area contributed by atoms with Crippen LogP contribution in [0.1, 0.15) is 36.2 Å². The van der Waals surface area contributed by atoms with Gasteiger partial charge in [0.25, 0.3) is 5.91 Å². The van der Waals surface area contributed by atoms with Gasteiger partial charge < -0.3 is 15.5 Å². The highest BCUT2D eigenvalue weighted by Crippen LogP contribution is 2.33. The van der Waals surface area contributed by atoms with Gasteiger partial charge in [0, 0.05) is 24.7 Å². The summed E-state index contributed by atoms with van der Waals surface area (Å²) in [7, 11) is 0. The highest BCUT2D eigenvalue weighted by Gasteiger charge is 2.37. The summed E-state index contributed by atoms with van der Waals surface area (Å²) in [6.07, 6.45) is -4.67. The molecule has 0 bridgehead atoms. The number of halogens is 3. The standard InChI is InChI=1S/C22H22F3N3O3/c1-13(2)26-21(31)17-8-3-4-9-18(17)27-20(30)14-10-19(29)28(12-14)16-7-5-6-15(11-16)22(23,24)25/h3-9,11,13-14H,10,12H2,1-2H3,(H,26,31)(H,27,30)/t14-/m1/s1. The molecule has 6 nitrogen and oxygen atoms in total. The second-order valence-electron chi connectivity index (χ2n) is 7.62. The molecular weight excluding hydrogens is 411 g/mol. The molecule has 0 aromatic heterocycles. The molecule has 0 spiro atoms. The molecule has 3 amide bonds. The molecule has 1 heterocycles. The summed E-state index contributed by atoms with van der Waals surface area (Å²) in [5.41, 5.74) is -0.193. The molecule has 1 atom stereocenters. The Kier molecular flexibility index (Phi) is 6.33. The lowest BCUT2D eigenvalue weighted by molar-refractivity contribution is -0.137. The average molecular weight is 433 g/mol. The van der Waals surface area contributed by atoms with Crippen LogP contribution in [0.15, 0.2) is 48.5 Å². The number of rotatable bonds is 5. The maximum Gasteiger partial charge on any atom is 0.416 e. The lowest BCUT2D eigenvalue weighted by atomic mass is 10.1. The summed E-state index contributed by atoms with van der Waals surface area (Å²) >= 11 is 0. The van der Waals surface area contributed by atoms with Crippen LogP contribution in [0.4, 0.5) is 24.5 Å². The van der Waals surface area contributed by atoms with E-state index in [2.05, 4.69) is 10.6 Å². The number of anilines is 2. The van der Waals surface area contributed by atoms with Crippen LogP contribution in [-0.2, 0) is 15.8 Å². The Morgan fingerprint density at radius 2 is 1.81 bits per heavy atom. The van der Waals surface area contributed by atoms with E-state index in [-0.39, 0.29) is 36.2 Å². The molecule has 2 aromatic rings. The number of para-hydroxylation sites is 1. The molecule has 164 valence electrons. The minimum absolute atomic E-state index is 0.0493. The molecule has 1 fully saturated rings. The number of nitrogens with one attached hydrogen (secondary N) is 2. The van der Waals surface area contributed by atoms with Gasteiger partial charge in [0.1, 0.15) is 0 Å². The first-order valence-corrected chi connectivity index (χ1v) is 9.74. The number of benzene rings is 2. The summed E-state index contributed by atoms with van der Waals surface area (Å²) < 4.78 is 38.9. The molecule has 3 rings (SSSR count). The Morgan fingerprint density at radius 3 is 2.48 bits per heavy atom. The first-order chi connectivity index (χ1) is 14.6. The van der Waals surface area contributed by atoms with E-state index in [9.17, 15) is 27.6 Å². The minimum Gasteiger partial charge on any atom is -0.350 e. The van der Waals surface area contributed by atoms with Crippen molar-refractivity contribution in [1.29, 1.82) is 0 Å². The maximum atomic E-state index is 13.0. The maximum absolute atomic E-state index is 13.0. The number of carbonyl (C=O) groups excluding carboxylic acids is 3. The fourth-order valence-electron chi connectivity index (χ4n) is 3.35. The van der Waals surface area contributed by atoms with Crippen molar-refractivity contribution >= 4 is 29.1 Å². The second-order valence-corrected chi connectivity index (χ2v) is 7.62. The quantitative estimate of drug-likeness (QED) is 0.752. The number of hydrogen-bond donors (Lipinski definition) is 2. The Morgan fingerprint density at radius 1 is 1.10 bits per heavy atom. The second kappa shape index (κ2) is 8.79. The van der Waals surface area contributed by atoms with Gasteiger partial charge in [0.05, 0.1) is 22.7 Å². The molecular formula is C22H22F3N3O3. The molecule has 0 saturated carbocycles. The third-order valence-corrected chi connectivity index (χ3v) is 4.83. The van der Waals surface area contributed by atoms with E-state index in [0.717, 1.165) is 12.1 Å². The van der Waals surface area contributed by atoms with Gasteiger partial charge in [-0.15, -0.1) is 0 Å². The third-order valence-electron chi connectivity index (χ3n) is 4.83. The van der Waals surface area contributed by atoms with Crippen LogP contribution in [0.25, 0.3) is 0 Å². The predicted molar refractivity (Wildman–Crippen MR) is 110 cm³/mol. The van der Waals surface area contributed by atoms with Gasteiger partial charge in [0.15, 0.2) is 0 Å². The van der Waals surface area contributed by atoms with Gasteiger partial charge in [-0.25, -0.2) is 0 Å². The van der Waals surface area contributed by atoms with Crippen molar-refractivity contribution in [2.45, 2.75) is 32.5 Å². The predicted octanol–water partition coefficient (Wildman–Crippen LogP) is 3.84. The van der Waals surface area contributed by atoms with Gasteiger partial charge in [-0.3, -0.25) is 14.4 Å². The zero-order valence-corrected chi connectivity index (χ0v) is 17.0. The molecule has 1 saturated heterocycles. The Labute approximate surface area is 177 Å². The van der Waals surface area contributed by atoms with Crippen LogP contribution >= 0.6 is 0 Å². The summed E-state index contributed by atoms with van der Waals surface area (Å²) in [5.74, 6) is -2.03. The molecule has 2 N–H and O–H groups in total. The van der Waals surface area contributed by atoms with Crippen molar-refractivity contribution in [2.75, 3.05) is 16.8 Å². The number of carbonyl (C=O) groups is 3. The Balaban J connectivity index is 1.74. The van der Waals surface area contributed by atoms with E-state index in [1.807, 2.05) is 13.8 Å². The minimum atomic E-state index is -4.53. The Bertz CT molecular complexity index is 1000. The number of hydrogen-bond acceptors (Lipinski definition) is 3. The Hall–Kier alpha value is -3.36. The zero-order valence-electron chi connectivity index (χ0n) is 17.0. The van der Waals surface area contributed by atoms with Gasteiger partial charge in [0.2, 0.25) is 11.8 Å². The topological polar surface area (TPSA) is 78.5 Å². The summed E-state index contributed by atoms with van der Waals surface area (Å²) in [5, 5.41) is 5.43. The van der Waals surface area contributed by atoms with E-state index in [4.69, 9.17) is 0 Å². The molecule has 1 aliphatic rings. The van der Waals surface area contributed by atoms with E-state index in [1.165, 1.54) is 17.0 Å². The van der Waals surface area contributed by atoms with E-state index < -0.39 is 29.5 Å². The van der Waals surface area contributed by atoms with E-state index in [0.29, 0.717) is 5.69 Å². The molecule has 0 aliphatic carbocycles. The number of alkyl halides is 3. The van der Waals surface area contributed by atoms with Crippen molar-refractivity contribution < 1.29 is 27.6 Å². The smallest absolute Gasteiger partial charge is 0.350 e. The fourth-order valence-corrected chi connectivity index (χ4v) is 3.35. The summed E-state index contributed by atoms with van der Waals surface area (Å²) in [4.78, 5) is 38.7. The normalized spacial score (nSPS) is 16.5. The number of nitrogens with zero attached hydrogens (tertiary/aromatic N) is 1. The first-order valence-electron chi connectivity index (χ1n) is 9.74. The van der Waals surface area contributed by atoms with E-state index in [1.54, 1.807) is 24.3 Å². The van der Waals surface area contributed by atoms with Gasteiger partial charge in [-0.1, -0.05) is 18.2 Å². The molecule has 0 unspecified atom stereocenters. The van der Waals surface area contributed by atoms with Crippen molar-refractivity contribution in [3.8, 4) is 0 Å². The van der Waals surface area contributed by atoms with Crippen molar-refractivity contribution in [1.82, 2.24) is 5.32 Å². The van der Waals surface area contributed by atoms with Gasteiger partial charge in [-0.05, 0) is 44.2 Å².